The van der Waals surface area contributed by atoms with Crippen LogP contribution in [0.5, 0.6) is 0 Å². The maximum absolute atomic E-state index is 4.34. The molecule has 1 aromatic carbocycles. The van der Waals surface area contributed by atoms with Gasteiger partial charge in [0.1, 0.15) is 5.65 Å². The smallest absolute Gasteiger partial charge is 0.145 e. The molecule has 0 fully saturated rings. The van der Waals surface area contributed by atoms with Gasteiger partial charge in [-0.1, -0.05) is 37.4 Å². The van der Waals surface area contributed by atoms with E-state index in [1.165, 1.54) is 0 Å². The molecule has 0 atom stereocenters. The largest absolute Gasteiger partial charge is 0.300 e. The van der Waals surface area contributed by atoms with Gasteiger partial charge in [0.05, 0.1) is 0 Å². The minimum absolute atomic E-state index is 0.904. The van der Waals surface area contributed by atoms with Gasteiger partial charge in [-0.2, -0.15) is 0 Å². The monoisotopic (exact) mass is 194 g/mol. The van der Waals surface area contributed by atoms with Gasteiger partial charge in [0.15, 0.2) is 0 Å². The second kappa shape index (κ2) is 2.70. The number of nitrogens with zero attached hydrogens (tertiary/aromatic N) is 2. The Bertz CT molecular complexity index is 753. The molecule has 2 aromatic heterocycles. The van der Waals surface area contributed by atoms with Crippen molar-refractivity contribution in [3.63, 3.8) is 0 Å². The molecule has 3 aromatic rings. The highest BCUT2D eigenvalue weighted by Crippen LogP contribution is 2.12. The van der Waals surface area contributed by atoms with Crippen molar-refractivity contribution in [2.75, 3.05) is 0 Å². The molecule has 0 radical (unpaired) electrons. The number of hydrogen-bond acceptors (Lipinski definition) is 1. The van der Waals surface area contributed by atoms with Crippen LogP contribution in [0.1, 0.15) is 0 Å². The summed E-state index contributed by atoms with van der Waals surface area (Å²) in [6.07, 6.45) is 3.70. The van der Waals surface area contributed by atoms with Gasteiger partial charge < -0.3 is 0 Å². The van der Waals surface area contributed by atoms with Crippen molar-refractivity contribution < 1.29 is 0 Å². The lowest BCUT2D eigenvalue weighted by Crippen LogP contribution is -2.29. The first-order valence-electron chi connectivity index (χ1n) is 4.81. The minimum atomic E-state index is 0.904. The molecule has 15 heavy (non-hydrogen) atoms. The van der Waals surface area contributed by atoms with Gasteiger partial charge in [-0.3, -0.25) is 4.40 Å². The Kier molecular flexibility index (Phi) is 1.48. The summed E-state index contributed by atoms with van der Waals surface area (Å²) >= 11 is 0. The molecule has 0 bridgehead atoms. The van der Waals surface area contributed by atoms with E-state index in [4.69, 9.17) is 0 Å². The van der Waals surface area contributed by atoms with Crippen molar-refractivity contribution in [2.24, 2.45) is 0 Å². The number of hydrogen-bond donors (Lipinski definition) is 0. The van der Waals surface area contributed by atoms with Crippen LogP contribution >= 0.6 is 0 Å². The standard InChI is InChI=1S/C13H10N2/c1-9-10(2)15-8-7-14-13(15)12-6-4-3-5-11(9)12/h3-8H,1-2H2. The van der Waals surface area contributed by atoms with Crippen molar-refractivity contribution in [1.29, 1.82) is 0 Å². The molecular formula is C13H10N2. The van der Waals surface area contributed by atoms with E-state index in [2.05, 4.69) is 30.3 Å². The van der Waals surface area contributed by atoms with Crippen molar-refractivity contribution in [3.8, 4) is 0 Å². The number of imidazole rings is 1. The Balaban J connectivity index is 2.84. The lowest BCUT2D eigenvalue weighted by atomic mass is 10.1. The number of rotatable bonds is 0. The van der Waals surface area contributed by atoms with Gasteiger partial charge in [0.2, 0.25) is 0 Å². The highest BCUT2D eigenvalue weighted by molar-refractivity contribution is 5.94. The third-order valence-electron chi connectivity index (χ3n) is 2.77. The summed E-state index contributed by atoms with van der Waals surface area (Å²) in [7, 11) is 0. The van der Waals surface area contributed by atoms with Gasteiger partial charge in [-0.05, 0) is 10.6 Å². The maximum Gasteiger partial charge on any atom is 0.145 e. The predicted molar refractivity (Wildman–Crippen MR) is 63.0 cm³/mol. The fourth-order valence-electron chi connectivity index (χ4n) is 1.96. The van der Waals surface area contributed by atoms with Gasteiger partial charge in [-0.15, -0.1) is 0 Å². The molecule has 0 amide bonds. The van der Waals surface area contributed by atoms with E-state index >= 15 is 0 Å². The third kappa shape index (κ3) is 0.960. The van der Waals surface area contributed by atoms with E-state index in [0.29, 0.717) is 0 Å². The second-order valence-electron chi connectivity index (χ2n) is 3.59. The molecule has 2 heterocycles. The third-order valence-corrected chi connectivity index (χ3v) is 2.77. The van der Waals surface area contributed by atoms with Crippen LogP contribution in [0.4, 0.5) is 0 Å². The SMILES string of the molecule is C=c1c(=C)n2ccnc2c2ccccc12. The highest BCUT2D eigenvalue weighted by atomic mass is 15.0. The first-order chi connectivity index (χ1) is 7.29. The van der Waals surface area contributed by atoms with Crippen LogP contribution in [-0.2, 0) is 0 Å². The van der Waals surface area contributed by atoms with E-state index in [9.17, 15) is 0 Å². The van der Waals surface area contributed by atoms with Crippen LogP contribution in [0, 0.1) is 0 Å². The summed E-state index contributed by atoms with van der Waals surface area (Å²) in [6, 6.07) is 8.14. The zero-order valence-corrected chi connectivity index (χ0v) is 8.27. The Morgan fingerprint density at radius 1 is 1.07 bits per heavy atom. The Morgan fingerprint density at radius 3 is 2.60 bits per heavy atom. The van der Waals surface area contributed by atoms with Crippen molar-refractivity contribution in [3.05, 3.63) is 47.2 Å². The van der Waals surface area contributed by atoms with E-state index in [1.807, 2.05) is 22.7 Å². The predicted octanol–water partition coefficient (Wildman–Crippen LogP) is 1.31. The quantitative estimate of drug-likeness (QED) is 0.527. The van der Waals surface area contributed by atoms with E-state index < -0.39 is 0 Å². The Morgan fingerprint density at radius 2 is 1.80 bits per heavy atom. The lowest BCUT2D eigenvalue weighted by molar-refractivity contribution is 1.13. The Labute approximate surface area is 86.8 Å². The van der Waals surface area contributed by atoms with Gasteiger partial charge in [-0.25, -0.2) is 4.98 Å². The molecule has 0 saturated carbocycles. The molecule has 0 aliphatic carbocycles. The second-order valence-corrected chi connectivity index (χ2v) is 3.59. The number of benzene rings is 1. The number of pyridine rings is 1. The molecule has 0 saturated heterocycles. The fourth-order valence-corrected chi connectivity index (χ4v) is 1.96. The van der Waals surface area contributed by atoms with Crippen LogP contribution in [0.25, 0.3) is 29.6 Å². The first kappa shape index (κ1) is 8.24. The summed E-state index contributed by atoms with van der Waals surface area (Å²) in [5.41, 5.74) is 0.947. The average Bonchev–Trinajstić information content (AvgIpc) is 2.75. The summed E-state index contributed by atoms with van der Waals surface area (Å²) in [5.74, 6) is 0. The summed E-state index contributed by atoms with van der Waals surface area (Å²) in [5, 5.41) is 4.12. The van der Waals surface area contributed by atoms with Gasteiger partial charge in [0.25, 0.3) is 0 Å². The summed E-state index contributed by atoms with van der Waals surface area (Å²) in [4.78, 5) is 4.34. The van der Waals surface area contributed by atoms with E-state index in [-0.39, 0.29) is 0 Å². The molecule has 0 aliphatic rings. The zero-order valence-electron chi connectivity index (χ0n) is 8.27. The average molecular weight is 194 g/mol. The molecular weight excluding hydrogens is 184 g/mol. The van der Waals surface area contributed by atoms with Crippen LogP contribution < -0.4 is 10.6 Å². The number of aromatic nitrogens is 2. The Hall–Kier alpha value is -2.09. The molecule has 2 nitrogen and oxygen atoms in total. The summed E-state index contributed by atoms with van der Waals surface area (Å²) in [6.45, 7) is 8.10. The molecule has 3 rings (SSSR count). The van der Waals surface area contributed by atoms with E-state index in [0.717, 1.165) is 27.0 Å². The van der Waals surface area contributed by atoms with Crippen LogP contribution in [0.2, 0.25) is 0 Å². The maximum atomic E-state index is 4.34. The van der Waals surface area contributed by atoms with Crippen molar-refractivity contribution in [2.45, 2.75) is 0 Å². The molecule has 0 N–H and O–H groups in total. The number of fused-ring (bicyclic) bond motifs is 3. The molecule has 0 aliphatic heterocycles. The fraction of sp³-hybridized carbons (Fsp3) is 0. The molecule has 72 valence electrons. The summed E-state index contributed by atoms with van der Waals surface area (Å²) < 4.78 is 1.98. The van der Waals surface area contributed by atoms with Gasteiger partial charge >= 0.3 is 0 Å². The highest BCUT2D eigenvalue weighted by Gasteiger charge is 2.02. The lowest BCUT2D eigenvalue weighted by Gasteiger charge is -2.02. The molecule has 0 spiro atoms. The van der Waals surface area contributed by atoms with E-state index in [1.54, 1.807) is 6.20 Å². The van der Waals surface area contributed by atoms with Crippen molar-refractivity contribution >= 4 is 29.6 Å². The van der Waals surface area contributed by atoms with Gasteiger partial charge in [0, 0.05) is 23.1 Å². The van der Waals surface area contributed by atoms with Crippen LogP contribution in [0.15, 0.2) is 36.7 Å². The van der Waals surface area contributed by atoms with Crippen LogP contribution in [-0.4, -0.2) is 9.38 Å². The molecule has 2 heteroatoms. The first-order valence-corrected chi connectivity index (χ1v) is 4.81. The normalized spacial score (nSPS) is 11.2. The minimum Gasteiger partial charge on any atom is -0.300 e. The zero-order chi connectivity index (χ0) is 10.4. The topological polar surface area (TPSA) is 17.3 Å². The van der Waals surface area contributed by atoms with Crippen molar-refractivity contribution in [1.82, 2.24) is 9.38 Å². The van der Waals surface area contributed by atoms with Crippen LogP contribution in [0.3, 0.4) is 0 Å². The molecule has 0 unspecified atom stereocenters.